The van der Waals surface area contributed by atoms with Gasteiger partial charge >= 0.3 is 0 Å². The second-order valence-electron chi connectivity index (χ2n) is 7.92. The van der Waals surface area contributed by atoms with Crippen molar-refractivity contribution in [3.05, 3.63) is 59.7 Å². The summed E-state index contributed by atoms with van der Waals surface area (Å²) >= 11 is 0. The number of benzene rings is 2. The van der Waals surface area contributed by atoms with E-state index in [-0.39, 0.29) is 5.91 Å². The first-order valence-electron chi connectivity index (χ1n) is 10.5. The topological polar surface area (TPSA) is 57.6 Å². The fraction of sp³-hybridized carbons (Fsp3) is 0.391. The molecular weight excluding hydrogens is 380 g/mol. The fourth-order valence-corrected chi connectivity index (χ4v) is 4.15. The maximum atomic E-state index is 12.7. The molecule has 3 aliphatic rings. The first-order valence-corrected chi connectivity index (χ1v) is 10.5. The maximum absolute atomic E-state index is 12.7. The van der Waals surface area contributed by atoms with Gasteiger partial charge in [-0.1, -0.05) is 36.4 Å². The number of hydrogen-bond donors (Lipinski definition) is 0. The average molecular weight is 406 g/mol. The summed E-state index contributed by atoms with van der Waals surface area (Å²) < 4.78 is 10.9. The van der Waals surface area contributed by atoms with E-state index in [2.05, 4.69) is 27.0 Å². The molecule has 0 bridgehead atoms. The quantitative estimate of drug-likeness (QED) is 0.762. The number of amides is 1. The third kappa shape index (κ3) is 4.17. The molecule has 1 saturated heterocycles. The summed E-state index contributed by atoms with van der Waals surface area (Å²) in [7, 11) is 0. The molecule has 0 atom stereocenters. The Morgan fingerprint density at radius 3 is 2.50 bits per heavy atom. The SMILES string of the molecule is O=C(CN1CCN(Cc2ccc3c(c2)OCO3)CC1)N1CCC(c2ccccc2)=N1. The van der Waals surface area contributed by atoms with Crippen LogP contribution in [0.15, 0.2) is 53.6 Å². The van der Waals surface area contributed by atoms with Gasteiger partial charge in [0.05, 0.1) is 18.8 Å². The van der Waals surface area contributed by atoms with Gasteiger partial charge < -0.3 is 9.47 Å². The van der Waals surface area contributed by atoms with Crippen LogP contribution >= 0.6 is 0 Å². The van der Waals surface area contributed by atoms with Crippen molar-refractivity contribution >= 4 is 11.6 Å². The number of nitrogens with zero attached hydrogens (tertiary/aromatic N) is 4. The normalized spacial score (nSPS) is 19.2. The zero-order valence-electron chi connectivity index (χ0n) is 17.0. The number of carbonyl (C=O) groups excluding carboxylic acids is 1. The number of rotatable bonds is 5. The molecule has 1 amide bonds. The lowest BCUT2D eigenvalue weighted by molar-refractivity contribution is -0.132. The van der Waals surface area contributed by atoms with Crippen LogP contribution in [0, 0.1) is 0 Å². The molecule has 0 radical (unpaired) electrons. The van der Waals surface area contributed by atoms with Gasteiger partial charge in [0.2, 0.25) is 6.79 Å². The van der Waals surface area contributed by atoms with E-state index in [1.807, 2.05) is 36.4 Å². The molecular formula is C23H26N4O3. The Labute approximate surface area is 176 Å². The maximum Gasteiger partial charge on any atom is 0.256 e. The largest absolute Gasteiger partial charge is 0.454 e. The van der Waals surface area contributed by atoms with Gasteiger partial charge in [-0.05, 0) is 23.3 Å². The Morgan fingerprint density at radius 1 is 0.900 bits per heavy atom. The lowest BCUT2D eigenvalue weighted by Crippen LogP contribution is -2.49. The van der Waals surface area contributed by atoms with E-state index in [9.17, 15) is 4.79 Å². The van der Waals surface area contributed by atoms with Gasteiger partial charge in [-0.15, -0.1) is 0 Å². The molecule has 30 heavy (non-hydrogen) atoms. The van der Waals surface area contributed by atoms with Crippen molar-refractivity contribution in [1.29, 1.82) is 0 Å². The van der Waals surface area contributed by atoms with E-state index in [0.717, 1.165) is 61.9 Å². The summed E-state index contributed by atoms with van der Waals surface area (Å²) in [6, 6.07) is 16.2. The van der Waals surface area contributed by atoms with E-state index in [1.54, 1.807) is 5.01 Å². The Kier molecular flexibility index (Phi) is 5.38. The molecule has 3 aliphatic heterocycles. The number of piperazine rings is 1. The predicted octanol–water partition coefficient (Wildman–Crippen LogP) is 2.17. The van der Waals surface area contributed by atoms with Crippen LogP contribution in [-0.4, -0.2) is 72.5 Å². The highest BCUT2D eigenvalue weighted by Gasteiger charge is 2.25. The van der Waals surface area contributed by atoms with Crippen LogP contribution in [0.2, 0.25) is 0 Å². The molecule has 0 N–H and O–H groups in total. The van der Waals surface area contributed by atoms with Crippen LogP contribution in [-0.2, 0) is 11.3 Å². The fourth-order valence-electron chi connectivity index (χ4n) is 4.15. The molecule has 2 aromatic rings. The molecule has 0 saturated carbocycles. The third-order valence-electron chi connectivity index (χ3n) is 5.86. The Bertz CT molecular complexity index is 939. The van der Waals surface area contributed by atoms with Crippen molar-refractivity contribution in [2.45, 2.75) is 13.0 Å². The van der Waals surface area contributed by atoms with Crippen LogP contribution in [0.5, 0.6) is 11.5 Å². The zero-order valence-corrected chi connectivity index (χ0v) is 17.0. The number of ether oxygens (including phenoxy) is 2. The van der Waals surface area contributed by atoms with Gasteiger partial charge in [0.1, 0.15) is 0 Å². The summed E-state index contributed by atoms with van der Waals surface area (Å²) in [6.45, 7) is 5.96. The highest BCUT2D eigenvalue weighted by molar-refractivity contribution is 6.02. The van der Waals surface area contributed by atoms with E-state index < -0.39 is 0 Å². The van der Waals surface area contributed by atoms with Gasteiger partial charge in [0, 0.05) is 39.1 Å². The minimum Gasteiger partial charge on any atom is -0.454 e. The van der Waals surface area contributed by atoms with Crippen LogP contribution in [0.4, 0.5) is 0 Å². The van der Waals surface area contributed by atoms with Gasteiger partial charge in [-0.3, -0.25) is 14.6 Å². The first-order chi connectivity index (χ1) is 14.7. The van der Waals surface area contributed by atoms with Crippen molar-refractivity contribution < 1.29 is 14.3 Å². The molecule has 0 spiro atoms. The Balaban J connectivity index is 1.10. The van der Waals surface area contributed by atoms with Gasteiger partial charge in [-0.2, -0.15) is 5.10 Å². The first kappa shape index (κ1) is 19.1. The summed E-state index contributed by atoms with van der Waals surface area (Å²) in [6.07, 6.45) is 0.819. The smallest absolute Gasteiger partial charge is 0.256 e. The summed E-state index contributed by atoms with van der Waals surface area (Å²) in [5.41, 5.74) is 3.33. The summed E-state index contributed by atoms with van der Waals surface area (Å²) in [5.74, 6) is 1.74. The van der Waals surface area contributed by atoms with Crippen molar-refractivity contribution in [3.8, 4) is 11.5 Å². The second-order valence-corrected chi connectivity index (χ2v) is 7.92. The molecule has 5 rings (SSSR count). The molecule has 0 aromatic heterocycles. The van der Waals surface area contributed by atoms with Crippen molar-refractivity contribution in [2.75, 3.05) is 46.1 Å². The number of carbonyl (C=O) groups is 1. The van der Waals surface area contributed by atoms with Crippen LogP contribution in [0.25, 0.3) is 0 Å². The molecule has 0 unspecified atom stereocenters. The van der Waals surface area contributed by atoms with E-state index >= 15 is 0 Å². The lowest BCUT2D eigenvalue weighted by atomic mass is 10.1. The summed E-state index contributed by atoms with van der Waals surface area (Å²) in [4.78, 5) is 17.4. The minimum atomic E-state index is 0.0881. The van der Waals surface area contributed by atoms with Crippen LogP contribution < -0.4 is 9.47 Å². The molecule has 7 heteroatoms. The standard InChI is InChI=1S/C23H26N4O3/c28-23(27-9-8-20(24-27)19-4-2-1-3-5-19)16-26-12-10-25(11-13-26)15-18-6-7-21-22(14-18)30-17-29-21/h1-7,14H,8-13,15-17H2. The van der Waals surface area contributed by atoms with Crippen LogP contribution in [0.3, 0.4) is 0 Å². The zero-order chi connectivity index (χ0) is 20.3. The predicted molar refractivity (Wildman–Crippen MR) is 114 cm³/mol. The second kappa shape index (κ2) is 8.45. The Morgan fingerprint density at radius 2 is 1.67 bits per heavy atom. The molecule has 3 heterocycles. The molecule has 7 nitrogen and oxygen atoms in total. The van der Waals surface area contributed by atoms with Crippen molar-refractivity contribution in [1.82, 2.24) is 14.8 Å². The molecule has 2 aromatic carbocycles. The minimum absolute atomic E-state index is 0.0881. The lowest BCUT2D eigenvalue weighted by Gasteiger charge is -2.34. The number of fused-ring (bicyclic) bond motifs is 1. The van der Waals surface area contributed by atoms with Gasteiger partial charge in [0.25, 0.3) is 5.91 Å². The monoisotopic (exact) mass is 406 g/mol. The third-order valence-corrected chi connectivity index (χ3v) is 5.86. The number of hydrazone groups is 1. The van der Waals surface area contributed by atoms with Crippen LogP contribution in [0.1, 0.15) is 17.5 Å². The van der Waals surface area contributed by atoms with Crippen molar-refractivity contribution in [3.63, 3.8) is 0 Å². The van der Waals surface area contributed by atoms with E-state index in [4.69, 9.17) is 9.47 Å². The number of hydrogen-bond acceptors (Lipinski definition) is 6. The Hall–Kier alpha value is -2.90. The van der Waals surface area contributed by atoms with Gasteiger partial charge in [0.15, 0.2) is 11.5 Å². The van der Waals surface area contributed by atoms with Crippen molar-refractivity contribution in [2.24, 2.45) is 5.10 Å². The highest BCUT2D eigenvalue weighted by atomic mass is 16.7. The molecule has 0 aliphatic carbocycles. The molecule has 1 fully saturated rings. The summed E-state index contributed by atoms with van der Waals surface area (Å²) in [5, 5.41) is 6.20. The average Bonchev–Trinajstić information content (AvgIpc) is 3.45. The molecule has 156 valence electrons. The van der Waals surface area contributed by atoms with E-state index in [0.29, 0.717) is 19.9 Å². The van der Waals surface area contributed by atoms with Gasteiger partial charge in [-0.25, -0.2) is 5.01 Å². The van der Waals surface area contributed by atoms with E-state index in [1.165, 1.54) is 5.56 Å². The highest BCUT2D eigenvalue weighted by Crippen LogP contribution is 2.32.